The summed E-state index contributed by atoms with van der Waals surface area (Å²) in [6.45, 7) is 7.40. The monoisotopic (exact) mass is 906 g/mol. The number of rotatable bonds is 10. The third kappa shape index (κ3) is 8.54. The van der Waals surface area contributed by atoms with E-state index in [9.17, 15) is 24.0 Å². The zero-order chi connectivity index (χ0) is 45.5. The molecule has 4 aliphatic heterocycles. The molecule has 5 amide bonds. The van der Waals surface area contributed by atoms with Gasteiger partial charge in [-0.2, -0.15) is 0 Å². The minimum atomic E-state index is -0.905. The number of carbonyl (C=O) groups is 5. The van der Waals surface area contributed by atoms with Crippen molar-refractivity contribution in [3.63, 3.8) is 0 Å². The number of halogens is 3. The summed E-state index contributed by atoms with van der Waals surface area (Å²) in [6, 6.07) is 18.7. The number of nitrogens with one attached hydrogen (secondary N) is 5. The molecule has 8 rings (SSSR count). The van der Waals surface area contributed by atoms with Gasteiger partial charge in [-0.05, 0) is 89.9 Å². The van der Waals surface area contributed by atoms with Crippen LogP contribution in [0.15, 0.2) is 72.8 Å². The van der Waals surface area contributed by atoms with Gasteiger partial charge in [-0.15, -0.1) is 0 Å². The first-order valence-corrected chi connectivity index (χ1v) is 22.1. The van der Waals surface area contributed by atoms with Gasteiger partial charge in [0, 0.05) is 77.3 Å². The summed E-state index contributed by atoms with van der Waals surface area (Å²) in [4.78, 5) is 66.7. The van der Waals surface area contributed by atoms with Crippen LogP contribution in [0.3, 0.4) is 0 Å². The predicted octanol–water partition coefficient (Wildman–Crippen LogP) is 7.33. The summed E-state index contributed by atoms with van der Waals surface area (Å²) in [5.41, 5.74) is 3.77. The molecular formula is C49H49Cl2FN6O6. The number of anilines is 2. The molecule has 4 heterocycles. The van der Waals surface area contributed by atoms with Crippen LogP contribution in [0.2, 0.25) is 10.0 Å². The fourth-order valence-electron chi connectivity index (χ4n) is 9.76. The van der Waals surface area contributed by atoms with Crippen LogP contribution in [0.4, 0.5) is 15.8 Å². The van der Waals surface area contributed by atoms with Gasteiger partial charge in [0.1, 0.15) is 17.6 Å². The van der Waals surface area contributed by atoms with Crippen molar-refractivity contribution in [2.45, 2.75) is 88.9 Å². The number of benzene rings is 4. The van der Waals surface area contributed by atoms with E-state index in [2.05, 4.69) is 59.2 Å². The molecule has 1 spiro atoms. The Balaban J connectivity index is 0.942. The number of carbonyl (C=O) groups excluding carboxylic acids is 5. The topological polar surface area (TPSA) is 158 Å². The molecule has 0 saturated carbocycles. The van der Waals surface area contributed by atoms with Gasteiger partial charge >= 0.3 is 0 Å². The van der Waals surface area contributed by atoms with Crippen LogP contribution >= 0.6 is 23.2 Å². The Labute approximate surface area is 381 Å². The van der Waals surface area contributed by atoms with Crippen molar-refractivity contribution in [2.75, 3.05) is 30.8 Å². The van der Waals surface area contributed by atoms with E-state index in [1.54, 1.807) is 42.5 Å². The third-order valence-electron chi connectivity index (χ3n) is 12.7. The average Bonchev–Trinajstić information content (AvgIpc) is 3.90. The highest BCUT2D eigenvalue weighted by Gasteiger charge is 2.61. The molecule has 5 atom stereocenters. The molecule has 15 heteroatoms. The zero-order valence-corrected chi connectivity index (χ0v) is 37.4. The first-order valence-electron chi connectivity index (χ1n) is 21.4. The number of nitrogens with zero attached hydrogens (tertiary/aromatic N) is 1. The lowest BCUT2D eigenvalue weighted by Crippen LogP contribution is -2.52. The van der Waals surface area contributed by atoms with Crippen molar-refractivity contribution in [1.29, 1.82) is 0 Å². The Morgan fingerprint density at radius 2 is 1.83 bits per heavy atom. The van der Waals surface area contributed by atoms with Gasteiger partial charge in [0.15, 0.2) is 0 Å². The van der Waals surface area contributed by atoms with E-state index >= 15 is 4.39 Å². The second-order valence-electron chi connectivity index (χ2n) is 18.0. The molecule has 4 aromatic rings. The molecule has 1 unspecified atom stereocenters. The summed E-state index contributed by atoms with van der Waals surface area (Å²) >= 11 is 12.8. The number of piperidine rings is 1. The fraction of sp³-hybridized carbons (Fsp3) is 0.367. The van der Waals surface area contributed by atoms with Crippen molar-refractivity contribution in [3.05, 3.63) is 122 Å². The standard InChI is InChI=1S/C49H49Cl2FN6O6/c1-48(2,3)24-39-49(26-54-36-23-29(50)16-17-33(36)49)41(31-13-9-14-34(51)42(31)52)43(56-39)46(62)55-35-18-15-28(22-38(35)64-4)44(60)53-21-7-5-6-10-27-11-8-12-30-32(27)25-58(47(30)63)37-19-20-40(59)57-45(37)61/h8-9,11-18,22-23,37,39,41,43,54,56H,5,7,19-21,24-26H2,1-4H3,(H,53,60)(H,55,62)(H,57,59,61)/t37?,39-,41-,43+,49-/m0/s1. The second kappa shape index (κ2) is 17.9. The lowest BCUT2D eigenvalue weighted by molar-refractivity contribution is -0.137. The molecule has 0 aliphatic carbocycles. The van der Waals surface area contributed by atoms with Gasteiger partial charge in [0.2, 0.25) is 17.7 Å². The maximum absolute atomic E-state index is 16.2. The first-order chi connectivity index (χ1) is 30.6. The summed E-state index contributed by atoms with van der Waals surface area (Å²) in [6.07, 6.45) is 2.14. The Morgan fingerprint density at radius 3 is 2.59 bits per heavy atom. The maximum atomic E-state index is 16.2. The van der Waals surface area contributed by atoms with E-state index in [4.69, 9.17) is 27.9 Å². The van der Waals surface area contributed by atoms with Crippen LogP contribution in [-0.2, 0) is 26.3 Å². The number of methoxy groups -OCH3 is 1. The Hall–Kier alpha value is -5.94. The Morgan fingerprint density at radius 1 is 1.03 bits per heavy atom. The van der Waals surface area contributed by atoms with Crippen molar-refractivity contribution in [1.82, 2.24) is 20.9 Å². The molecule has 332 valence electrons. The van der Waals surface area contributed by atoms with Gasteiger partial charge in [-0.1, -0.05) is 80.1 Å². The largest absolute Gasteiger partial charge is 0.495 e. The van der Waals surface area contributed by atoms with E-state index in [0.29, 0.717) is 65.3 Å². The maximum Gasteiger partial charge on any atom is 0.255 e. The fourth-order valence-corrected chi connectivity index (χ4v) is 10.1. The van der Waals surface area contributed by atoms with Gasteiger partial charge in [-0.25, -0.2) is 4.39 Å². The lowest BCUT2D eigenvalue weighted by Gasteiger charge is -2.39. The summed E-state index contributed by atoms with van der Waals surface area (Å²) in [5.74, 6) is 3.47. The van der Waals surface area contributed by atoms with Gasteiger partial charge in [0.05, 0.1) is 23.9 Å². The van der Waals surface area contributed by atoms with E-state index in [0.717, 1.165) is 16.8 Å². The number of amides is 5. The van der Waals surface area contributed by atoms with Crippen molar-refractivity contribution >= 4 is 64.1 Å². The number of ether oxygens (including phenoxy) is 1. The van der Waals surface area contributed by atoms with Crippen LogP contribution in [0.1, 0.15) is 102 Å². The molecule has 4 aromatic carbocycles. The highest BCUT2D eigenvalue weighted by atomic mass is 35.5. The summed E-state index contributed by atoms with van der Waals surface area (Å²) < 4.78 is 21.9. The Kier molecular flexibility index (Phi) is 12.5. The molecule has 0 radical (unpaired) electrons. The Bertz CT molecular complexity index is 2640. The van der Waals surface area contributed by atoms with E-state index < -0.39 is 41.0 Å². The molecule has 64 heavy (non-hydrogen) atoms. The van der Waals surface area contributed by atoms with Crippen LogP contribution in [-0.4, -0.2) is 72.8 Å². The normalized spacial score (nSPS) is 22.3. The lowest BCUT2D eigenvalue weighted by atomic mass is 9.63. The number of hydrogen-bond donors (Lipinski definition) is 5. The third-order valence-corrected chi connectivity index (χ3v) is 13.2. The van der Waals surface area contributed by atoms with Crippen molar-refractivity contribution in [2.24, 2.45) is 5.41 Å². The SMILES string of the molecule is COc1cc(C(=O)NCCCC#Cc2cccc3c2CN(C2CCC(=O)NC2=O)C3=O)ccc1NC(=O)[C@@H]1N[C@@H](CC(C)(C)C)[C@@]2(CNc3cc(Cl)ccc32)[C@H]1c1cccc(Cl)c1F. The molecule has 4 aliphatic rings. The summed E-state index contributed by atoms with van der Waals surface area (Å²) in [7, 11) is 1.45. The van der Waals surface area contributed by atoms with Crippen molar-refractivity contribution < 1.29 is 33.1 Å². The smallest absolute Gasteiger partial charge is 0.255 e. The highest BCUT2D eigenvalue weighted by molar-refractivity contribution is 6.31. The van der Waals surface area contributed by atoms with Crippen LogP contribution in [0.25, 0.3) is 0 Å². The number of unbranched alkanes of at least 4 members (excludes halogenated alkanes) is 1. The summed E-state index contributed by atoms with van der Waals surface area (Å²) in [5, 5.41) is 15.9. The van der Waals surface area contributed by atoms with E-state index in [-0.39, 0.29) is 59.3 Å². The van der Waals surface area contributed by atoms with Crippen LogP contribution < -0.4 is 31.3 Å². The molecular weight excluding hydrogens is 858 g/mol. The van der Waals surface area contributed by atoms with Gasteiger partial charge in [0.25, 0.3) is 11.8 Å². The molecule has 5 N–H and O–H groups in total. The second-order valence-corrected chi connectivity index (χ2v) is 18.8. The molecule has 2 saturated heterocycles. The molecule has 12 nitrogen and oxygen atoms in total. The molecule has 0 aromatic heterocycles. The first kappa shape index (κ1) is 44.7. The average molecular weight is 908 g/mol. The highest BCUT2D eigenvalue weighted by Crippen LogP contribution is 2.56. The van der Waals surface area contributed by atoms with E-state index in [1.807, 2.05) is 24.3 Å². The molecule has 0 bridgehead atoms. The van der Waals surface area contributed by atoms with Crippen molar-refractivity contribution in [3.8, 4) is 17.6 Å². The quantitative estimate of drug-likeness (QED) is 0.0630. The van der Waals surface area contributed by atoms with Crippen LogP contribution in [0.5, 0.6) is 5.75 Å². The van der Waals surface area contributed by atoms with Gasteiger partial charge < -0.3 is 30.9 Å². The predicted molar refractivity (Wildman–Crippen MR) is 243 cm³/mol. The minimum Gasteiger partial charge on any atom is -0.495 e. The number of hydrogen-bond acceptors (Lipinski definition) is 8. The number of imide groups is 1. The zero-order valence-electron chi connectivity index (χ0n) is 35.9. The van der Waals surface area contributed by atoms with E-state index in [1.165, 1.54) is 18.1 Å². The van der Waals surface area contributed by atoms with Crippen LogP contribution in [0, 0.1) is 23.1 Å². The minimum absolute atomic E-state index is 0.0350. The molecule has 2 fully saturated rings. The number of fused-ring (bicyclic) bond motifs is 3. The van der Waals surface area contributed by atoms with Gasteiger partial charge in [-0.3, -0.25) is 29.3 Å².